The highest BCUT2D eigenvalue weighted by Gasteiger charge is 2.35. The molecule has 0 radical (unpaired) electrons. The first-order valence-electron chi connectivity index (χ1n) is 14.0. The van der Waals surface area contributed by atoms with Gasteiger partial charge in [0.15, 0.2) is 0 Å². The Balaban J connectivity index is 1.72. The van der Waals surface area contributed by atoms with E-state index in [9.17, 15) is 14.4 Å². The number of esters is 2. The van der Waals surface area contributed by atoms with Crippen molar-refractivity contribution in [1.29, 1.82) is 0 Å². The molecule has 1 amide bonds. The van der Waals surface area contributed by atoms with Gasteiger partial charge in [-0.25, -0.2) is 9.59 Å². The van der Waals surface area contributed by atoms with E-state index in [1.807, 2.05) is 26.8 Å². The fraction of sp³-hybridized carbons (Fsp3) is 0.531. The number of carbonyl (C=O) groups excluding carboxylic acids is 3. The molecule has 0 bridgehead atoms. The predicted octanol–water partition coefficient (Wildman–Crippen LogP) is 5.42. The van der Waals surface area contributed by atoms with Crippen molar-refractivity contribution in [1.82, 2.24) is 10.2 Å². The molecule has 212 valence electrons. The van der Waals surface area contributed by atoms with E-state index in [-0.39, 0.29) is 18.4 Å². The predicted molar refractivity (Wildman–Crippen MR) is 153 cm³/mol. The molecule has 0 aromatic heterocycles. The highest BCUT2D eigenvalue weighted by Crippen LogP contribution is 2.24. The highest BCUT2D eigenvalue weighted by atomic mass is 16.6. The SMILES string of the molecule is CC(C)CCN1CCC(C)CC1C(=O)N[C@@H](Cc1ccc(OC(=O)c2ccccc2)cc1)C(=O)OC(C)(C)C. The molecule has 2 aromatic rings. The Morgan fingerprint density at radius 1 is 1.03 bits per heavy atom. The molecule has 1 aliphatic heterocycles. The van der Waals surface area contributed by atoms with Crippen LogP contribution in [0.25, 0.3) is 0 Å². The summed E-state index contributed by atoms with van der Waals surface area (Å²) in [7, 11) is 0. The lowest BCUT2D eigenvalue weighted by atomic mass is 9.91. The molecule has 7 nitrogen and oxygen atoms in total. The van der Waals surface area contributed by atoms with E-state index in [2.05, 4.69) is 31.0 Å². The molecular weight excluding hydrogens is 492 g/mol. The van der Waals surface area contributed by atoms with Crippen LogP contribution in [0.5, 0.6) is 5.75 Å². The van der Waals surface area contributed by atoms with E-state index in [1.165, 1.54) is 0 Å². The van der Waals surface area contributed by atoms with Gasteiger partial charge in [0, 0.05) is 6.42 Å². The molecule has 2 aromatic carbocycles. The summed E-state index contributed by atoms with van der Waals surface area (Å²) in [6.45, 7) is 13.7. The number of carbonyl (C=O) groups is 3. The zero-order valence-electron chi connectivity index (χ0n) is 24.2. The molecule has 1 N–H and O–H groups in total. The van der Waals surface area contributed by atoms with Crippen molar-refractivity contribution in [3.63, 3.8) is 0 Å². The Morgan fingerprint density at radius 3 is 2.31 bits per heavy atom. The first kappa shape index (κ1) is 30.4. The summed E-state index contributed by atoms with van der Waals surface area (Å²) in [6, 6.07) is 14.7. The van der Waals surface area contributed by atoms with Crippen molar-refractivity contribution in [2.45, 2.75) is 84.9 Å². The summed E-state index contributed by atoms with van der Waals surface area (Å²) in [5.74, 6) is 0.371. The van der Waals surface area contributed by atoms with Gasteiger partial charge in [0.05, 0.1) is 11.6 Å². The topological polar surface area (TPSA) is 84.9 Å². The number of piperidine rings is 1. The third kappa shape index (κ3) is 9.81. The maximum Gasteiger partial charge on any atom is 0.343 e. The second-order valence-corrected chi connectivity index (χ2v) is 12.1. The smallest absolute Gasteiger partial charge is 0.343 e. The molecule has 0 aliphatic carbocycles. The second kappa shape index (κ2) is 13.7. The molecule has 7 heteroatoms. The van der Waals surface area contributed by atoms with Crippen molar-refractivity contribution in [2.24, 2.45) is 11.8 Å². The van der Waals surface area contributed by atoms with Crippen molar-refractivity contribution < 1.29 is 23.9 Å². The number of nitrogens with one attached hydrogen (secondary N) is 1. The first-order valence-corrected chi connectivity index (χ1v) is 14.0. The van der Waals surface area contributed by atoms with Crippen LogP contribution < -0.4 is 10.1 Å². The van der Waals surface area contributed by atoms with Gasteiger partial charge in [-0.3, -0.25) is 9.69 Å². The van der Waals surface area contributed by atoms with Gasteiger partial charge in [-0.15, -0.1) is 0 Å². The molecular formula is C32H44N2O5. The summed E-state index contributed by atoms with van der Waals surface area (Å²) in [6.07, 6.45) is 3.13. The fourth-order valence-corrected chi connectivity index (χ4v) is 4.66. The first-order chi connectivity index (χ1) is 18.4. The third-order valence-corrected chi connectivity index (χ3v) is 6.86. The van der Waals surface area contributed by atoms with Crippen LogP contribution in [0, 0.1) is 11.8 Å². The van der Waals surface area contributed by atoms with Crippen LogP contribution in [0.4, 0.5) is 0 Å². The number of rotatable bonds is 10. The Labute approximate surface area is 233 Å². The van der Waals surface area contributed by atoms with Gasteiger partial charge < -0.3 is 14.8 Å². The van der Waals surface area contributed by atoms with Crippen molar-refractivity contribution in [2.75, 3.05) is 13.1 Å². The number of amides is 1. The van der Waals surface area contributed by atoms with Crippen molar-refractivity contribution >= 4 is 17.8 Å². The maximum atomic E-state index is 13.6. The van der Waals surface area contributed by atoms with E-state index in [0.717, 1.165) is 37.9 Å². The second-order valence-electron chi connectivity index (χ2n) is 12.1. The fourth-order valence-electron chi connectivity index (χ4n) is 4.66. The minimum Gasteiger partial charge on any atom is -0.458 e. The van der Waals surface area contributed by atoms with E-state index < -0.39 is 23.6 Å². The van der Waals surface area contributed by atoms with Gasteiger partial charge in [-0.1, -0.05) is 51.1 Å². The van der Waals surface area contributed by atoms with Crippen LogP contribution in [0.3, 0.4) is 0 Å². The molecule has 0 spiro atoms. The molecule has 3 rings (SSSR count). The van der Waals surface area contributed by atoms with Crippen molar-refractivity contribution in [3.05, 3.63) is 65.7 Å². The van der Waals surface area contributed by atoms with Crippen LogP contribution in [0.2, 0.25) is 0 Å². The lowest BCUT2D eigenvalue weighted by Gasteiger charge is -2.38. The lowest BCUT2D eigenvalue weighted by Crippen LogP contribution is -2.55. The largest absolute Gasteiger partial charge is 0.458 e. The quantitative estimate of drug-likeness (QED) is 0.322. The zero-order chi connectivity index (χ0) is 28.6. The monoisotopic (exact) mass is 536 g/mol. The van der Waals surface area contributed by atoms with Gasteiger partial charge in [-0.05, 0) is 94.8 Å². The average Bonchev–Trinajstić information content (AvgIpc) is 2.88. The van der Waals surface area contributed by atoms with Gasteiger partial charge in [-0.2, -0.15) is 0 Å². The summed E-state index contributed by atoms with van der Waals surface area (Å²) in [5, 5.41) is 3.02. The molecule has 39 heavy (non-hydrogen) atoms. The summed E-state index contributed by atoms with van der Waals surface area (Å²) >= 11 is 0. The van der Waals surface area contributed by atoms with Crippen LogP contribution in [0.15, 0.2) is 54.6 Å². The van der Waals surface area contributed by atoms with E-state index in [1.54, 1.807) is 48.5 Å². The maximum absolute atomic E-state index is 13.6. The van der Waals surface area contributed by atoms with Crippen molar-refractivity contribution in [3.8, 4) is 5.75 Å². The van der Waals surface area contributed by atoms with E-state index in [0.29, 0.717) is 23.1 Å². The lowest BCUT2D eigenvalue weighted by molar-refractivity contribution is -0.159. The third-order valence-electron chi connectivity index (χ3n) is 6.86. The summed E-state index contributed by atoms with van der Waals surface area (Å²) in [4.78, 5) is 41.4. The van der Waals surface area contributed by atoms with Gasteiger partial charge in [0.1, 0.15) is 17.4 Å². The van der Waals surface area contributed by atoms with E-state index >= 15 is 0 Å². The molecule has 1 aliphatic rings. The zero-order valence-corrected chi connectivity index (χ0v) is 24.2. The number of ether oxygens (including phenoxy) is 2. The Kier molecular flexibility index (Phi) is 10.7. The summed E-state index contributed by atoms with van der Waals surface area (Å²) < 4.78 is 11.1. The number of hydrogen-bond donors (Lipinski definition) is 1. The number of nitrogens with zero attached hydrogens (tertiary/aromatic N) is 1. The highest BCUT2D eigenvalue weighted by molar-refractivity contribution is 5.91. The number of benzene rings is 2. The molecule has 1 saturated heterocycles. The van der Waals surface area contributed by atoms with Crippen LogP contribution in [-0.2, 0) is 20.7 Å². The molecule has 1 heterocycles. The Morgan fingerprint density at radius 2 is 1.69 bits per heavy atom. The minimum atomic E-state index is -0.835. The van der Waals surface area contributed by atoms with Gasteiger partial charge in [0.2, 0.25) is 5.91 Å². The average molecular weight is 537 g/mol. The Hall–Kier alpha value is -3.19. The standard InChI is InChI=1S/C32H44N2O5/c1-22(2)16-18-34-19-17-23(3)20-28(34)29(35)33-27(31(37)39-32(4,5)6)21-24-12-14-26(15-13-24)38-30(36)25-10-8-7-9-11-25/h7-15,22-23,27-28H,16-21H2,1-6H3,(H,33,35)/t23?,27-,28?/m0/s1. The summed E-state index contributed by atoms with van der Waals surface area (Å²) in [5.41, 5.74) is 0.603. The molecule has 1 fully saturated rings. The normalized spacial score (nSPS) is 18.8. The van der Waals surface area contributed by atoms with Crippen LogP contribution >= 0.6 is 0 Å². The molecule has 3 atom stereocenters. The van der Waals surface area contributed by atoms with Crippen LogP contribution in [-0.4, -0.2) is 53.5 Å². The molecule has 0 saturated carbocycles. The van der Waals surface area contributed by atoms with E-state index in [4.69, 9.17) is 9.47 Å². The molecule has 2 unspecified atom stereocenters. The number of likely N-dealkylation sites (tertiary alicyclic amines) is 1. The van der Waals surface area contributed by atoms with Gasteiger partial charge >= 0.3 is 11.9 Å². The van der Waals surface area contributed by atoms with Crippen LogP contribution in [0.1, 0.15) is 76.7 Å². The minimum absolute atomic E-state index is 0.130. The van der Waals surface area contributed by atoms with Gasteiger partial charge in [0.25, 0.3) is 0 Å². The number of hydrogen-bond acceptors (Lipinski definition) is 6. The Bertz CT molecular complexity index is 1090.